The third-order valence-electron chi connectivity index (χ3n) is 3.77. The molecule has 7 nitrogen and oxygen atoms in total. The van der Waals surface area contributed by atoms with Crippen LogP contribution in [0.5, 0.6) is 0 Å². The van der Waals surface area contributed by atoms with Crippen LogP contribution >= 0.6 is 24.0 Å². The summed E-state index contributed by atoms with van der Waals surface area (Å²) >= 11 is 0. The Morgan fingerprint density at radius 3 is 2.46 bits per heavy atom. The number of nitrogens with one attached hydrogen (secondary N) is 2. The fourth-order valence-corrected chi connectivity index (χ4v) is 2.52. The molecule has 1 aromatic heterocycles. The van der Waals surface area contributed by atoms with Crippen molar-refractivity contribution in [1.82, 2.24) is 25.5 Å². The van der Waals surface area contributed by atoms with Gasteiger partial charge in [0, 0.05) is 64.8 Å². The highest BCUT2D eigenvalue weighted by molar-refractivity contribution is 14.0. The molecule has 0 aromatic carbocycles. The molecule has 0 saturated carbocycles. The summed E-state index contributed by atoms with van der Waals surface area (Å²) in [4.78, 5) is 17.9. The van der Waals surface area contributed by atoms with Crippen LogP contribution < -0.4 is 15.5 Å². The van der Waals surface area contributed by atoms with Gasteiger partial charge in [-0.3, -0.25) is 9.89 Å². The SMILES string of the molecule is CCCN=C(NCC)NCCN1CCN(c2ncccn2)CC1.I. The van der Waals surface area contributed by atoms with E-state index in [0.717, 1.165) is 70.7 Å². The average molecular weight is 447 g/mol. The number of hydrogen-bond acceptors (Lipinski definition) is 5. The molecule has 2 rings (SSSR count). The average Bonchev–Trinajstić information content (AvgIpc) is 2.61. The lowest BCUT2D eigenvalue weighted by atomic mass is 10.3. The molecule has 1 aromatic rings. The Balaban J connectivity index is 0.00000288. The maximum absolute atomic E-state index is 4.52. The maximum atomic E-state index is 4.52. The summed E-state index contributed by atoms with van der Waals surface area (Å²) < 4.78 is 0. The Kier molecular flexibility index (Phi) is 10.6. The van der Waals surface area contributed by atoms with Gasteiger partial charge in [-0.1, -0.05) is 6.92 Å². The zero-order valence-corrected chi connectivity index (χ0v) is 17.1. The van der Waals surface area contributed by atoms with Gasteiger partial charge in [0.15, 0.2) is 5.96 Å². The minimum absolute atomic E-state index is 0. The van der Waals surface area contributed by atoms with Crippen molar-refractivity contribution in [2.75, 3.05) is 57.3 Å². The van der Waals surface area contributed by atoms with E-state index in [2.05, 4.69) is 49.2 Å². The smallest absolute Gasteiger partial charge is 0.225 e. The van der Waals surface area contributed by atoms with E-state index >= 15 is 0 Å². The van der Waals surface area contributed by atoms with E-state index in [1.165, 1.54) is 0 Å². The summed E-state index contributed by atoms with van der Waals surface area (Å²) in [6, 6.07) is 1.85. The first-order valence-corrected chi connectivity index (χ1v) is 8.60. The monoisotopic (exact) mass is 447 g/mol. The second-order valence-corrected chi connectivity index (χ2v) is 5.56. The summed E-state index contributed by atoms with van der Waals surface area (Å²) in [5, 5.41) is 6.68. The number of halogens is 1. The lowest BCUT2D eigenvalue weighted by Gasteiger charge is -2.34. The molecule has 24 heavy (non-hydrogen) atoms. The van der Waals surface area contributed by atoms with Crippen LogP contribution in [0, 0.1) is 0 Å². The summed E-state index contributed by atoms with van der Waals surface area (Å²) in [5.74, 6) is 1.76. The van der Waals surface area contributed by atoms with Gasteiger partial charge in [0.05, 0.1) is 0 Å². The van der Waals surface area contributed by atoms with Crippen molar-refractivity contribution >= 4 is 35.9 Å². The van der Waals surface area contributed by atoms with Crippen molar-refractivity contribution in [3.8, 4) is 0 Å². The van der Waals surface area contributed by atoms with Crippen LogP contribution in [0.15, 0.2) is 23.5 Å². The molecule has 1 aliphatic rings. The Bertz CT molecular complexity index is 461. The Morgan fingerprint density at radius 2 is 1.83 bits per heavy atom. The molecule has 0 spiro atoms. The summed E-state index contributed by atoms with van der Waals surface area (Å²) in [6.45, 7) is 12.0. The lowest BCUT2D eigenvalue weighted by molar-refractivity contribution is 0.260. The topological polar surface area (TPSA) is 68.7 Å². The first-order valence-electron chi connectivity index (χ1n) is 8.60. The van der Waals surface area contributed by atoms with Gasteiger partial charge >= 0.3 is 0 Å². The highest BCUT2D eigenvalue weighted by Crippen LogP contribution is 2.08. The zero-order chi connectivity index (χ0) is 16.3. The molecule has 0 atom stereocenters. The van der Waals surface area contributed by atoms with E-state index < -0.39 is 0 Å². The van der Waals surface area contributed by atoms with Gasteiger partial charge in [0.1, 0.15) is 0 Å². The molecule has 1 saturated heterocycles. The van der Waals surface area contributed by atoms with Crippen molar-refractivity contribution in [2.24, 2.45) is 4.99 Å². The molecule has 2 N–H and O–H groups in total. The van der Waals surface area contributed by atoms with Crippen LogP contribution in [0.3, 0.4) is 0 Å². The van der Waals surface area contributed by atoms with E-state index in [1.54, 1.807) is 12.4 Å². The van der Waals surface area contributed by atoms with Gasteiger partial charge in [-0.05, 0) is 19.4 Å². The quantitative estimate of drug-likeness (QED) is 0.372. The van der Waals surface area contributed by atoms with Gasteiger partial charge in [0.25, 0.3) is 0 Å². The predicted molar refractivity (Wildman–Crippen MR) is 110 cm³/mol. The zero-order valence-electron chi connectivity index (χ0n) is 14.7. The van der Waals surface area contributed by atoms with E-state index in [1.807, 2.05) is 6.07 Å². The number of anilines is 1. The Labute approximate surface area is 162 Å². The van der Waals surface area contributed by atoms with Crippen molar-refractivity contribution in [1.29, 1.82) is 0 Å². The molecule has 1 fully saturated rings. The second-order valence-electron chi connectivity index (χ2n) is 5.56. The molecule has 0 amide bonds. The van der Waals surface area contributed by atoms with Gasteiger partial charge in [-0.15, -0.1) is 24.0 Å². The predicted octanol–water partition coefficient (Wildman–Crippen LogP) is 1.18. The van der Waals surface area contributed by atoms with Crippen LogP contribution in [0.25, 0.3) is 0 Å². The Hall–Kier alpha value is -1.16. The number of rotatable bonds is 7. The molecule has 136 valence electrons. The van der Waals surface area contributed by atoms with E-state index in [9.17, 15) is 0 Å². The molecule has 0 radical (unpaired) electrons. The second kappa shape index (κ2) is 12.2. The van der Waals surface area contributed by atoms with Crippen molar-refractivity contribution in [3.63, 3.8) is 0 Å². The third-order valence-corrected chi connectivity index (χ3v) is 3.77. The number of hydrogen-bond donors (Lipinski definition) is 2. The number of piperazine rings is 1. The van der Waals surface area contributed by atoms with E-state index in [4.69, 9.17) is 0 Å². The van der Waals surface area contributed by atoms with Crippen LogP contribution in [0.4, 0.5) is 5.95 Å². The highest BCUT2D eigenvalue weighted by Gasteiger charge is 2.18. The minimum atomic E-state index is 0. The summed E-state index contributed by atoms with van der Waals surface area (Å²) in [5.41, 5.74) is 0. The lowest BCUT2D eigenvalue weighted by Crippen LogP contribution is -2.49. The fourth-order valence-electron chi connectivity index (χ4n) is 2.52. The first kappa shape index (κ1) is 20.9. The number of aromatic nitrogens is 2. The minimum Gasteiger partial charge on any atom is -0.357 e. The maximum Gasteiger partial charge on any atom is 0.225 e. The molecule has 0 bridgehead atoms. The van der Waals surface area contributed by atoms with Gasteiger partial charge in [0.2, 0.25) is 5.95 Å². The normalized spacial score (nSPS) is 15.8. The first-order chi connectivity index (χ1) is 11.3. The van der Waals surface area contributed by atoms with Crippen LogP contribution in [0.2, 0.25) is 0 Å². The molecule has 1 aliphatic heterocycles. The van der Waals surface area contributed by atoms with Crippen molar-refractivity contribution < 1.29 is 0 Å². The molecule has 0 unspecified atom stereocenters. The van der Waals surface area contributed by atoms with Gasteiger partial charge in [-0.2, -0.15) is 0 Å². The Morgan fingerprint density at radius 1 is 1.12 bits per heavy atom. The number of nitrogens with zero attached hydrogens (tertiary/aromatic N) is 5. The van der Waals surface area contributed by atoms with E-state index in [0.29, 0.717) is 0 Å². The summed E-state index contributed by atoms with van der Waals surface area (Å²) in [7, 11) is 0. The standard InChI is InChI=1S/C16H29N7.HI/c1-3-6-18-15(17-4-2)19-9-10-22-11-13-23(14-12-22)16-20-7-5-8-21-16;/h5,7-8H,3-4,6,9-14H2,1-2H3,(H2,17,18,19);1H. The van der Waals surface area contributed by atoms with Crippen LogP contribution in [-0.2, 0) is 0 Å². The number of aliphatic imine (C=N–C) groups is 1. The third kappa shape index (κ3) is 7.16. The molecular weight excluding hydrogens is 417 g/mol. The molecule has 2 heterocycles. The molecular formula is C16H30IN7. The molecule has 8 heteroatoms. The number of guanidine groups is 1. The molecule has 0 aliphatic carbocycles. The van der Waals surface area contributed by atoms with Gasteiger partial charge < -0.3 is 15.5 Å². The van der Waals surface area contributed by atoms with Crippen LogP contribution in [0.1, 0.15) is 20.3 Å². The van der Waals surface area contributed by atoms with Crippen molar-refractivity contribution in [2.45, 2.75) is 20.3 Å². The van der Waals surface area contributed by atoms with Crippen molar-refractivity contribution in [3.05, 3.63) is 18.5 Å². The highest BCUT2D eigenvalue weighted by atomic mass is 127. The largest absolute Gasteiger partial charge is 0.357 e. The fraction of sp³-hybridized carbons (Fsp3) is 0.688. The van der Waals surface area contributed by atoms with E-state index in [-0.39, 0.29) is 24.0 Å². The van der Waals surface area contributed by atoms with Crippen LogP contribution in [-0.4, -0.2) is 73.2 Å². The summed E-state index contributed by atoms with van der Waals surface area (Å²) in [6.07, 6.45) is 4.67. The van der Waals surface area contributed by atoms with Gasteiger partial charge in [-0.25, -0.2) is 9.97 Å².